The van der Waals surface area contributed by atoms with Crippen LogP contribution in [0.2, 0.25) is 0 Å². The van der Waals surface area contributed by atoms with Crippen molar-refractivity contribution in [2.45, 2.75) is 57.5 Å². The largest absolute Gasteiger partial charge is 0.357 e. The van der Waals surface area contributed by atoms with Crippen molar-refractivity contribution in [2.75, 3.05) is 17.9 Å². The first-order valence-corrected chi connectivity index (χ1v) is 14.3. The summed E-state index contributed by atoms with van der Waals surface area (Å²) in [6, 6.07) is 22.2. The minimum absolute atomic E-state index is 0.0873. The van der Waals surface area contributed by atoms with Crippen molar-refractivity contribution < 1.29 is 18.0 Å². The second kappa shape index (κ2) is 12.7. The molecule has 38 heavy (non-hydrogen) atoms. The fourth-order valence-corrected chi connectivity index (χ4v) is 5.80. The normalized spacial score (nSPS) is 12.2. The predicted molar refractivity (Wildman–Crippen MR) is 151 cm³/mol. The van der Waals surface area contributed by atoms with Gasteiger partial charge in [0.05, 0.1) is 10.6 Å². The summed E-state index contributed by atoms with van der Waals surface area (Å²) in [6.45, 7) is 7.64. The lowest BCUT2D eigenvalue weighted by Crippen LogP contribution is -2.51. The van der Waals surface area contributed by atoms with Crippen molar-refractivity contribution >= 4 is 27.5 Å². The number of amides is 2. The standard InChI is InChI=1S/C30H37N3O4S/c1-6-28(30(35)31-5)32(20-24-12-10-11-23(4)19-24)29(34)21-33(26-17-15-25(16-18-26)22(2)3)38(36,37)27-13-8-7-9-14-27/h7-19,22,28H,6,20-21H2,1-5H3,(H,31,35)/t28-/m1/s1. The van der Waals surface area contributed by atoms with E-state index in [1.807, 2.05) is 50.2 Å². The average Bonchev–Trinajstić information content (AvgIpc) is 2.91. The van der Waals surface area contributed by atoms with E-state index < -0.39 is 28.5 Å². The van der Waals surface area contributed by atoms with Gasteiger partial charge in [-0.3, -0.25) is 13.9 Å². The number of aryl methyl sites for hydroxylation is 1. The molecule has 0 aliphatic carbocycles. The highest BCUT2D eigenvalue weighted by molar-refractivity contribution is 7.92. The Kier molecular flexibility index (Phi) is 9.69. The molecule has 3 aromatic carbocycles. The third-order valence-electron chi connectivity index (χ3n) is 6.53. The zero-order chi connectivity index (χ0) is 27.9. The zero-order valence-electron chi connectivity index (χ0n) is 22.7. The maximum Gasteiger partial charge on any atom is 0.264 e. The highest BCUT2D eigenvalue weighted by Crippen LogP contribution is 2.27. The van der Waals surface area contributed by atoms with E-state index in [-0.39, 0.29) is 23.3 Å². The van der Waals surface area contributed by atoms with E-state index in [0.717, 1.165) is 21.0 Å². The number of rotatable bonds is 11. The minimum Gasteiger partial charge on any atom is -0.357 e. The summed E-state index contributed by atoms with van der Waals surface area (Å²) in [6.07, 6.45) is 0.381. The molecule has 2 amide bonds. The first-order chi connectivity index (χ1) is 18.1. The summed E-state index contributed by atoms with van der Waals surface area (Å²) in [7, 11) is -2.54. The van der Waals surface area contributed by atoms with Crippen molar-refractivity contribution in [3.63, 3.8) is 0 Å². The Hall–Kier alpha value is -3.65. The van der Waals surface area contributed by atoms with E-state index in [0.29, 0.717) is 12.1 Å². The quantitative estimate of drug-likeness (QED) is 0.380. The van der Waals surface area contributed by atoms with Gasteiger partial charge in [0.1, 0.15) is 12.6 Å². The van der Waals surface area contributed by atoms with E-state index in [1.54, 1.807) is 30.3 Å². The van der Waals surface area contributed by atoms with E-state index in [2.05, 4.69) is 19.2 Å². The van der Waals surface area contributed by atoms with Gasteiger partial charge in [0.15, 0.2) is 0 Å². The van der Waals surface area contributed by atoms with Crippen LogP contribution in [0.3, 0.4) is 0 Å². The van der Waals surface area contributed by atoms with Crippen LogP contribution in [-0.4, -0.2) is 44.8 Å². The molecule has 7 nitrogen and oxygen atoms in total. The molecule has 0 aliphatic rings. The van der Waals surface area contributed by atoms with E-state index in [9.17, 15) is 18.0 Å². The van der Waals surface area contributed by atoms with Gasteiger partial charge in [-0.15, -0.1) is 0 Å². The number of hydrogen-bond donors (Lipinski definition) is 1. The second-order valence-corrected chi connectivity index (χ2v) is 11.5. The molecule has 8 heteroatoms. The van der Waals surface area contributed by atoms with Gasteiger partial charge in [-0.05, 0) is 54.7 Å². The second-order valence-electron chi connectivity index (χ2n) is 9.62. The molecule has 1 N–H and O–H groups in total. The van der Waals surface area contributed by atoms with Crippen molar-refractivity contribution in [3.05, 3.63) is 95.6 Å². The van der Waals surface area contributed by atoms with Crippen molar-refractivity contribution in [2.24, 2.45) is 0 Å². The first kappa shape index (κ1) is 28.9. The van der Waals surface area contributed by atoms with Gasteiger partial charge in [0.2, 0.25) is 11.8 Å². The maximum absolute atomic E-state index is 13.9. The molecule has 0 aromatic heterocycles. The molecule has 0 unspecified atom stereocenters. The van der Waals surface area contributed by atoms with Gasteiger partial charge >= 0.3 is 0 Å². The van der Waals surface area contributed by atoms with Gasteiger partial charge in [-0.25, -0.2) is 8.42 Å². The highest BCUT2D eigenvalue weighted by atomic mass is 32.2. The Morgan fingerprint density at radius 3 is 2.13 bits per heavy atom. The molecule has 0 radical (unpaired) electrons. The number of likely N-dealkylation sites (N-methyl/N-ethyl adjacent to an activating group) is 1. The Bertz CT molecular complexity index is 1340. The number of hydrogen-bond acceptors (Lipinski definition) is 4. The number of sulfonamides is 1. The molecular weight excluding hydrogens is 498 g/mol. The van der Waals surface area contributed by atoms with Gasteiger partial charge in [-0.1, -0.05) is 80.9 Å². The monoisotopic (exact) mass is 535 g/mol. The van der Waals surface area contributed by atoms with Crippen LogP contribution >= 0.6 is 0 Å². The van der Waals surface area contributed by atoms with E-state index in [4.69, 9.17) is 0 Å². The fraction of sp³-hybridized carbons (Fsp3) is 0.333. The Morgan fingerprint density at radius 1 is 0.921 bits per heavy atom. The Balaban J connectivity index is 2.06. The Morgan fingerprint density at radius 2 is 1.58 bits per heavy atom. The SMILES string of the molecule is CC[C@H](C(=O)NC)N(Cc1cccc(C)c1)C(=O)CN(c1ccc(C(C)C)cc1)S(=O)(=O)c1ccccc1. The van der Waals surface area contributed by atoms with Gasteiger partial charge in [0.25, 0.3) is 10.0 Å². The summed E-state index contributed by atoms with van der Waals surface area (Å²) < 4.78 is 28.8. The summed E-state index contributed by atoms with van der Waals surface area (Å²) in [4.78, 5) is 28.3. The smallest absolute Gasteiger partial charge is 0.264 e. The zero-order valence-corrected chi connectivity index (χ0v) is 23.5. The van der Waals surface area contributed by atoms with Crippen LogP contribution in [0.4, 0.5) is 5.69 Å². The molecule has 202 valence electrons. The van der Waals surface area contributed by atoms with Crippen LogP contribution in [0.25, 0.3) is 0 Å². The average molecular weight is 536 g/mol. The number of benzene rings is 3. The van der Waals surface area contributed by atoms with Crippen molar-refractivity contribution in [1.29, 1.82) is 0 Å². The van der Waals surface area contributed by atoms with Gasteiger partial charge in [0, 0.05) is 13.6 Å². The van der Waals surface area contributed by atoms with Crippen LogP contribution in [0.15, 0.2) is 83.8 Å². The van der Waals surface area contributed by atoms with Crippen molar-refractivity contribution in [1.82, 2.24) is 10.2 Å². The van der Waals surface area contributed by atoms with Crippen LogP contribution in [0.5, 0.6) is 0 Å². The molecular formula is C30H37N3O4S. The Labute approximate surface area is 226 Å². The van der Waals surface area contributed by atoms with Gasteiger partial charge in [-0.2, -0.15) is 0 Å². The van der Waals surface area contributed by atoms with Gasteiger partial charge < -0.3 is 10.2 Å². The van der Waals surface area contributed by atoms with Crippen LogP contribution in [0.1, 0.15) is 49.8 Å². The molecule has 0 fully saturated rings. The lowest BCUT2D eigenvalue weighted by molar-refractivity contribution is -0.140. The molecule has 0 bridgehead atoms. The van der Waals surface area contributed by atoms with Crippen molar-refractivity contribution in [3.8, 4) is 0 Å². The number of nitrogens with one attached hydrogen (secondary N) is 1. The predicted octanol–water partition coefficient (Wildman–Crippen LogP) is 4.87. The molecule has 0 saturated heterocycles. The van der Waals surface area contributed by atoms with E-state index in [1.165, 1.54) is 24.1 Å². The highest BCUT2D eigenvalue weighted by Gasteiger charge is 2.33. The molecule has 0 aliphatic heterocycles. The van der Waals surface area contributed by atoms with Crippen LogP contribution in [-0.2, 0) is 26.2 Å². The minimum atomic E-state index is -4.07. The fourth-order valence-electron chi connectivity index (χ4n) is 4.37. The summed E-state index contributed by atoms with van der Waals surface area (Å²) in [5.41, 5.74) is 3.33. The third-order valence-corrected chi connectivity index (χ3v) is 8.31. The molecule has 0 saturated carbocycles. The molecule has 3 aromatic rings. The van der Waals surface area contributed by atoms with E-state index >= 15 is 0 Å². The summed E-state index contributed by atoms with van der Waals surface area (Å²) in [5, 5.41) is 2.64. The maximum atomic E-state index is 13.9. The molecule has 0 spiro atoms. The summed E-state index contributed by atoms with van der Waals surface area (Å²) in [5.74, 6) is -0.491. The number of carbonyl (C=O) groups is 2. The number of anilines is 1. The van der Waals surface area contributed by atoms with Crippen LogP contribution < -0.4 is 9.62 Å². The van der Waals surface area contributed by atoms with Crippen LogP contribution in [0, 0.1) is 6.92 Å². The number of carbonyl (C=O) groups excluding carboxylic acids is 2. The third kappa shape index (κ3) is 6.81. The summed E-state index contributed by atoms with van der Waals surface area (Å²) >= 11 is 0. The molecule has 0 heterocycles. The molecule has 3 rings (SSSR count). The lowest BCUT2D eigenvalue weighted by atomic mass is 10.0. The number of nitrogens with zero attached hydrogens (tertiary/aromatic N) is 2. The molecule has 1 atom stereocenters. The first-order valence-electron chi connectivity index (χ1n) is 12.8. The topological polar surface area (TPSA) is 86.8 Å². The lowest BCUT2D eigenvalue weighted by Gasteiger charge is -2.33.